The first-order chi connectivity index (χ1) is 18.5. The molecule has 1 unspecified atom stereocenters. The van der Waals surface area contributed by atoms with E-state index in [1.165, 1.54) is 42.7 Å². The summed E-state index contributed by atoms with van der Waals surface area (Å²) in [6.07, 6.45) is 3.04. The highest BCUT2D eigenvalue weighted by Gasteiger charge is 2.31. The SMILES string of the molecule is Cn1c(=O)n(C2CCC(=O)NC2=O)c2ccc(-c3ccc(N4CCC(CN5CCNCC5)CC4)cc3)cc21. The number of aromatic nitrogens is 2. The van der Waals surface area contributed by atoms with Crippen molar-refractivity contribution in [3.8, 4) is 11.1 Å². The minimum Gasteiger partial charge on any atom is -0.372 e. The van der Waals surface area contributed by atoms with Crippen LogP contribution in [0.25, 0.3) is 22.2 Å². The van der Waals surface area contributed by atoms with Crippen LogP contribution in [0.1, 0.15) is 31.7 Å². The molecule has 4 heterocycles. The van der Waals surface area contributed by atoms with E-state index < -0.39 is 11.9 Å². The largest absolute Gasteiger partial charge is 0.372 e. The van der Waals surface area contributed by atoms with Crippen LogP contribution >= 0.6 is 0 Å². The number of aryl methyl sites for hydroxylation is 1. The minimum atomic E-state index is -0.671. The number of piperidine rings is 2. The van der Waals surface area contributed by atoms with Gasteiger partial charge in [0.25, 0.3) is 0 Å². The third-order valence-corrected chi connectivity index (χ3v) is 8.52. The zero-order valence-corrected chi connectivity index (χ0v) is 22.0. The first-order valence-corrected chi connectivity index (χ1v) is 13.8. The average Bonchev–Trinajstić information content (AvgIpc) is 3.19. The number of carbonyl (C=O) groups excluding carboxylic acids is 2. The highest BCUT2D eigenvalue weighted by molar-refractivity contribution is 6.00. The smallest absolute Gasteiger partial charge is 0.329 e. The molecule has 1 aromatic heterocycles. The lowest BCUT2D eigenvalue weighted by Crippen LogP contribution is -2.46. The molecule has 3 aliphatic heterocycles. The minimum absolute atomic E-state index is 0.234. The molecule has 0 spiro atoms. The van der Waals surface area contributed by atoms with Crippen LogP contribution in [0.3, 0.4) is 0 Å². The Kier molecular flexibility index (Phi) is 6.80. The fourth-order valence-corrected chi connectivity index (χ4v) is 6.27. The quantitative estimate of drug-likeness (QED) is 0.505. The van der Waals surface area contributed by atoms with E-state index in [4.69, 9.17) is 0 Å². The monoisotopic (exact) mass is 516 g/mol. The summed E-state index contributed by atoms with van der Waals surface area (Å²) in [5, 5.41) is 5.80. The van der Waals surface area contributed by atoms with Gasteiger partial charge in [0.05, 0.1) is 11.0 Å². The van der Waals surface area contributed by atoms with Gasteiger partial charge in [-0.15, -0.1) is 0 Å². The van der Waals surface area contributed by atoms with Gasteiger partial charge in [0.1, 0.15) is 6.04 Å². The summed E-state index contributed by atoms with van der Waals surface area (Å²) in [6, 6.07) is 13.9. The van der Waals surface area contributed by atoms with Crippen LogP contribution in [0.15, 0.2) is 47.3 Å². The van der Waals surface area contributed by atoms with Crippen molar-refractivity contribution in [2.75, 3.05) is 50.7 Å². The Morgan fingerprint density at radius 2 is 1.55 bits per heavy atom. The molecule has 0 saturated carbocycles. The van der Waals surface area contributed by atoms with Crippen molar-refractivity contribution in [1.82, 2.24) is 24.7 Å². The summed E-state index contributed by atoms with van der Waals surface area (Å²) in [7, 11) is 1.73. The van der Waals surface area contributed by atoms with Gasteiger partial charge in [-0.1, -0.05) is 18.2 Å². The van der Waals surface area contributed by atoms with Gasteiger partial charge < -0.3 is 15.1 Å². The molecule has 0 bridgehead atoms. The van der Waals surface area contributed by atoms with Gasteiger partial charge in [-0.05, 0) is 60.6 Å². The molecular weight excluding hydrogens is 480 g/mol. The molecule has 3 aliphatic rings. The van der Waals surface area contributed by atoms with E-state index in [1.54, 1.807) is 11.6 Å². The summed E-state index contributed by atoms with van der Waals surface area (Å²) >= 11 is 0. The number of hydrogen-bond acceptors (Lipinski definition) is 6. The summed E-state index contributed by atoms with van der Waals surface area (Å²) in [6.45, 7) is 7.98. The van der Waals surface area contributed by atoms with Crippen molar-refractivity contribution in [1.29, 1.82) is 0 Å². The molecule has 3 fully saturated rings. The second-order valence-electron chi connectivity index (χ2n) is 10.9. The van der Waals surface area contributed by atoms with Gasteiger partial charge in [0.15, 0.2) is 0 Å². The number of carbonyl (C=O) groups is 2. The third kappa shape index (κ3) is 4.76. The van der Waals surface area contributed by atoms with Crippen molar-refractivity contribution in [3.63, 3.8) is 0 Å². The molecule has 0 radical (unpaired) electrons. The van der Waals surface area contributed by atoms with E-state index in [9.17, 15) is 14.4 Å². The Balaban J connectivity index is 1.16. The molecule has 9 nitrogen and oxygen atoms in total. The lowest BCUT2D eigenvalue weighted by atomic mass is 9.95. The van der Waals surface area contributed by atoms with E-state index in [-0.39, 0.29) is 18.0 Å². The van der Waals surface area contributed by atoms with E-state index in [1.807, 2.05) is 18.2 Å². The molecule has 3 saturated heterocycles. The first-order valence-electron chi connectivity index (χ1n) is 13.8. The van der Waals surface area contributed by atoms with Crippen LogP contribution in [0.2, 0.25) is 0 Å². The molecule has 2 amide bonds. The number of rotatable bonds is 5. The van der Waals surface area contributed by atoms with Crippen LogP contribution in [0.4, 0.5) is 5.69 Å². The fraction of sp³-hybridized carbons (Fsp3) is 0.483. The molecule has 1 atom stereocenters. The van der Waals surface area contributed by atoms with Crippen LogP contribution in [-0.4, -0.2) is 71.7 Å². The number of anilines is 1. The van der Waals surface area contributed by atoms with Gasteiger partial charge in [-0.3, -0.25) is 24.0 Å². The molecular formula is C29H36N6O3. The standard InChI is InChI=1S/C29H36N6O3/c1-32-26-18-22(4-7-24(26)35(29(32)38)25-8-9-27(36)31-28(25)37)21-2-5-23(6-3-21)34-14-10-20(11-15-34)19-33-16-12-30-13-17-33/h2-7,18,20,25,30H,8-17,19H2,1H3,(H,31,36,37). The van der Waals surface area contributed by atoms with Gasteiger partial charge >= 0.3 is 5.69 Å². The number of hydrogen-bond donors (Lipinski definition) is 2. The molecule has 2 N–H and O–H groups in total. The highest BCUT2D eigenvalue weighted by Crippen LogP contribution is 2.30. The zero-order valence-electron chi connectivity index (χ0n) is 22.0. The predicted octanol–water partition coefficient (Wildman–Crippen LogP) is 2.11. The second-order valence-corrected chi connectivity index (χ2v) is 10.9. The maximum absolute atomic E-state index is 13.1. The van der Waals surface area contributed by atoms with Gasteiger partial charge in [-0.2, -0.15) is 0 Å². The molecule has 2 aromatic carbocycles. The lowest BCUT2D eigenvalue weighted by molar-refractivity contribution is -0.135. The Bertz CT molecular complexity index is 1390. The third-order valence-electron chi connectivity index (χ3n) is 8.52. The van der Waals surface area contributed by atoms with Crippen molar-refractivity contribution in [2.45, 2.75) is 31.7 Å². The zero-order chi connectivity index (χ0) is 26.2. The van der Waals surface area contributed by atoms with E-state index in [2.05, 4.69) is 44.7 Å². The Morgan fingerprint density at radius 1 is 0.842 bits per heavy atom. The van der Waals surface area contributed by atoms with Crippen molar-refractivity contribution >= 4 is 28.5 Å². The normalized spacial score (nSPS) is 21.7. The topological polar surface area (TPSA) is 91.6 Å². The average molecular weight is 517 g/mol. The number of benzene rings is 2. The molecule has 6 rings (SSSR count). The number of piperazine rings is 1. The Labute approximate surface area is 222 Å². The highest BCUT2D eigenvalue weighted by atomic mass is 16.2. The molecule has 38 heavy (non-hydrogen) atoms. The number of nitrogens with zero attached hydrogens (tertiary/aromatic N) is 4. The molecule has 9 heteroatoms. The number of fused-ring (bicyclic) bond motifs is 1. The van der Waals surface area contributed by atoms with Gasteiger partial charge in [0.2, 0.25) is 11.8 Å². The van der Waals surface area contributed by atoms with Crippen molar-refractivity contribution < 1.29 is 9.59 Å². The van der Waals surface area contributed by atoms with Crippen LogP contribution in [0, 0.1) is 5.92 Å². The van der Waals surface area contributed by atoms with Crippen LogP contribution < -0.4 is 21.2 Å². The van der Waals surface area contributed by atoms with Crippen molar-refractivity contribution in [3.05, 3.63) is 52.9 Å². The van der Waals surface area contributed by atoms with E-state index >= 15 is 0 Å². The maximum Gasteiger partial charge on any atom is 0.329 e. The Hall–Kier alpha value is -3.43. The summed E-state index contributed by atoms with van der Waals surface area (Å²) in [5.41, 5.74) is 4.60. The van der Waals surface area contributed by atoms with Gasteiger partial charge in [0, 0.05) is 65.0 Å². The number of imidazole rings is 1. The van der Waals surface area contributed by atoms with Crippen molar-refractivity contribution in [2.24, 2.45) is 13.0 Å². The lowest BCUT2D eigenvalue weighted by Gasteiger charge is -2.37. The molecule has 200 valence electrons. The second kappa shape index (κ2) is 10.4. The number of imide groups is 1. The van der Waals surface area contributed by atoms with Gasteiger partial charge in [-0.25, -0.2) is 4.79 Å². The van der Waals surface area contributed by atoms with E-state index in [0.29, 0.717) is 11.9 Å². The molecule has 0 aliphatic carbocycles. The van der Waals surface area contributed by atoms with Crippen LogP contribution in [0.5, 0.6) is 0 Å². The predicted molar refractivity (Wildman–Crippen MR) is 148 cm³/mol. The number of amides is 2. The number of nitrogens with one attached hydrogen (secondary N) is 2. The summed E-state index contributed by atoms with van der Waals surface area (Å²) in [5.74, 6) is 0.0858. The Morgan fingerprint density at radius 3 is 2.26 bits per heavy atom. The summed E-state index contributed by atoms with van der Waals surface area (Å²) in [4.78, 5) is 42.2. The maximum atomic E-state index is 13.1. The fourth-order valence-electron chi connectivity index (χ4n) is 6.27. The first kappa shape index (κ1) is 24.9. The van der Waals surface area contributed by atoms with E-state index in [0.717, 1.165) is 48.7 Å². The van der Waals surface area contributed by atoms with Crippen LogP contribution in [-0.2, 0) is 16.6 Å². The summed E-state index contributed by atoms with van der Waals surface area (Å²) < 4.78 is 3.11. The molecule has 3 aromatic rings.